The molecule has 0 spiro atoms. The van der Waals surface area contributed by atoms with Crippen molar-refractivity contribution in [3.63, 3.8) is 0 Å². The van der Waals surface area contributed by atoms with Crippen molar-refractivity contribution in [1.82, 2.24) is 19.9 Å². The molecule has 418 valence electrons. The Balaban J connectivity index is 1.82. The van der Waals surface area contributed by atoms with Crippen molar-refractivity contribution in [2.75, 3.05) is 42.7 Å². The maximum absolute atomic E-state index is 13.1. The molecule has 80 heavy (non-hydrogen) atoms. The SMILES string of the molecule is COC(=O)CCC1=C(C)c2nc1cc1nc(c(-c3cc(C#C[Si](C)(C)C)ccc3OC)c3[nH]c(cc4[nH]c(c(C)c4CCC(=O)OC)c2-c2cc(C#C[Si](C)(C)C)ccc2OC)c(CCC(=O)OC)c3C)C(C)=C1CCC(=O)OC. The molecule has 3 aromatic heterocycles. The first kappa shape index (κ1) is 59.7. The number of hydrogen-bond acceptors (Lipinski definition) is 12. The number of nitrogens with one attached hydrogen (secondary N) is 2. The van der Waals surface area contributed by atoms with Crippen molar-refractivity contribution in [3.05, 3.63) is 105 Å². The van der Waals surface area contributed by atoms with Crippen LogP contribution in [0.4, 0.5) is 0 Å². The Hall–Kier alpha value is -7.93. The molecule has 0 unspecified atom stereocenters. The summed E-state index contributed by atoms with van der Waals surface area (Å²) in [4.78, 5) is 71.4. The number of ether oxygens (including phenoxy) is 6. The zero-order valence-electron chi connectivity index (χ0n) is 49.3. The first-order chi connectivity index (χ1) is 37.9. The number of carbonyl (C=O) groups is 4. The lowest BCUT2D eigenvalue weighted by Crippen LogP contribution is -2.16. The van der Waals surface area contributed by atoms with Gasteiger partial charge in [0.2, 0.25) is 0 Å². The number of aromatic nitrogens is 4. The van der Waals surface area contributed by atoms with E-state index in [1.54, 1.807) is 14.2 Å². The number of hydrogen-bond donors (Lipinski definition) is 2. The molecule has 0 atom stereocenters. The molecule has 2 aliphatic rings. The minimum atomic E-state index is -1.83. The zero-order chi connectivity index (χ0) is 58.4. The third-order valence-corrected chi connectivity index (χ3v) is 16.1. The Labute approximate surface area is 472 Å². The van der Waals surface area contributed by atoms with Gasteiger partial charge in [-0.2, -0.15) is 0 Å². The first-order valence-corrected chi connectivity index (χ1v) is 33.8. The lowest BCUT2D eigenvalue weighted by atomic mass is 9.92. The lowest BCUT2D eigenvalue weighted by Gasteiger charge is -2.13. The summed E-state index contributed by atoms with van der Waals surface area (Å²) in [6.45, 7) is 21.3. The molecule has 7 rings (SSSR count). The van der Waals surface area contributed by atoms with E-state index in [0.717, 1.165) is 55.7 Å². The first-order valence-electron chi connectivity index (χ1n) is 26.8. The standard InChI is InChI=1S/C64H74N4O10Si2/c1-37-43(19-25-55(69)75-7)49-35-50-45(21-27-57(71)77-9)39(3)63(67-50)60(48-34-42(18-24-54(48)74-6)30-32-80(14,15)16)64-40(4)46(22-28-58(72)78-10)52(68-64)36-51-44(20-26-56(70)76-8)38(2)62(66-51)59(61(37)65-49)47-33-41(17-23-53(47)73-5)29-31-79(11,12)13/h17-18,23-24,33-36,65,67H,19-22,25-28H2,1-16H3. The largest absolute Gasteiger partial charge is 0.496 e. The molecular weight excluding hydrogens is 1040 g/mol. The van der Waals surface area contributed by atoms with Crippen LogP contribution in [0.5, 0.6) is 11.5 Å². The number of rotatable bonds is 16. The molecule has 0 radical (unpaired) electrons. The molecule has 2 aromatic carbocycles. The van der Waals surface area contributed by atoms with Gasteiger partial charge in [0.1, 0.15) is 27.6 Å². The second-order valence-corrected chi connectivity index (χ2v) is 31.6. The van der Waals surface area contributed by atoms with Crippen LogP contribution in [-0.2, 0) is 51.0 Å². The Morgan fingerprint density at radius 2 is 0.838 bits per heavy atom. The summed E-state index contributed by atoms with van der Waals surface area (Å²) < 4.78 is 33.3. The second-order valence-electron chi connectivity index (χ2n) is 22.1. The number of methoxy groups -OCH3 is 6. The van der Waals surface area contributed by atoms with Gasteiger partial charge in [-0.3, -0.25) is 19.2 Å². The number of aryl methyl sites for hydroxylation is 4. The van der Waals surface area contributed by atoms with E-state index in [-0.39, 0.29) is 62.4 Å². The summed E-state index contributed by atoms with van der Waals surface area (Å²) in [6.07, 6.45) is 1.47. The van der Waals surface area contributed by atoms with Crippen molar-refractivity contribution < 1.29 is 47.6 Å². The molecule has 5 heterocycles. The fourth-order valence-corrected chi connectivity index (χ4v) is 11.1. The average Bonchev–Trinajstić information content (AvgIpc) is 4.34. The van der Waals surface area contributed by atoms with Gasteiger partial charge >= 0.3 is 23.9 Å². The summed E-state index contributed by atoms with van der Waals surface area (Å²) in [5, 5.41) is 0. The summed E-state index contributed by atoms with van der Waals surface area (Å²) in [5.41, 5.74) is 23.2. The Morgan fingerprint density at radius 1 is 0.487 bits per heavy atom. The summed E-state index contributed by atoms with van der Waals surface area (Å²) in [7, 11) is 5.12. The van der Waals surface area contributed by atoms with Crippen LogP contribution in [0.3, 0.4) is 0 Å². The number of aromatic amines is 2. The number of esters is 4. The van der Waals surface area contributed by atoms with Gasteiger partial charge < -0.3 is 38.4 Å². The fourth-order valence-electron chi connectivity index (χ4n) is 10.1. The number of nitrogens with zero attached hydrogens (tertiary/aromatic N) is 2. The smallest absolute Gasteiger partial charge is 0.305 e. The minimum absolute atomic E-state index is 0.0666. The normalized spacial score (nSPS) is 12.3. The lowest BCUT2D eigenvalue weighted by molar-refractivity contribution is -0.141. The summed E-state index contributed by atoms with van der Waals surface area (Å²) >= 11 is 0. The van der Waals surface area contributed by atoms with Gasteiger partial charge in [0.25, 0.3) is 0 Å². The van der Waals surface area contributed by atoms with Crippen LogP contribution in [0.2, 0.25) is 39.3 Å². The molecule has 2 aliphatic heterocycles. The van der Waals surface area contributed by atoms with E-state index < -0.39 is 16.1 Å². The minimum Gasteiger partial charge on any atom is -0.496 e. The molecule has 0 amide bonds. The predicted molar refractivity (Wildman–Crippen MR) is 323 cm³/mol. The van der Waals surface area contributed by atoms with Crippen LogP contribution in [0.1, 0.15) is 109 Å². The van der Waals surface area contributed by atoms with Gasteiger partial charge in [-0.05, 0) is 146 Å². The van der Waals surface area contributed by atoms with Crippen molar-refractivity contribution in [1.29, 1.82) is 0 Å². The number of H-pyrrole nitrogens is 2. The molecule has 0 aliphatic carbocycles. The van der Waals surface area contributed by atoms with E-state index in [4.69, 9.17) is 38.4 Å². The predicted octanol–water partition coefficient (Wildman–Crippen LogP) is 12.7. The van der Waals surface area contributed by atoms with Crippen LogP contribution in [0.25, 0.3) is 66.6 Å². The molecule has 5 aromatic rings. The topological polar surface area (TPSA) is 181 Å². The van der Waals surface area contributed by atoms with Crippen LogP contribution in [-0.4, -0.2) is 103 Å². The molecule has 2 N–H and O–H groups in total. The monoisotopic (exact) mass is 1110 g/mol. The molecule has 0 fully saturated rings. The molecule has 8 bridgehead atoms. The summed E-state index contributed by atoms with van der Waals surface area (Å²) in [5.74, 6) is 6.55. The fraction of sp³-hybridized carbons (Fsp3) is 0.375. The van der Waals surface area contributed by atoms with Crippen LogP contribution in [0, 0.1) is 36.8 Å². The van der Waals surface area contributed by atoms with Gasteiger partial charge in [0, 0.05) is 70.1 Å². The number of carbonyl (C=O) groups excluding carboxylic acids is 4. The van der Waals surface area contributed by atoms with Crippen molar-refractivity contribution in [2.24, 2.45) is 0 Å². The van der Waals surface area contributed by atoms with E-state index >= 15 is 0 Å². The Kier molecular flexibility index (Phi) is 18.7. The van der Waals surface area contributed by atoms with Crippen molar-refractivity contribution >= 4 is 84.4 Å². The highest BCUT2D eigenvalue weighted by Crippen LogP contribution is 2.47. The molecular formula is C64H74N4O10Si2. The maximum Gasteiger partial charge on any atom is 0.305 e. The van der Waals surface area contributed by atoms with Gasteiger partial charge in [0.15, 0.2) is 0 Å². The highest BCUT2D eigenvalue weighted by Gasteiger charge is 2.30. The molecule has 0 saturated heterocycles. The van der Waals surface area contributed by atoms with Crippen molar-refractivity contribution in [2.45, 2.75) is 118 Å². The van der Waals surface area contributed by atoms with Gasteiger partial charge in [-0.15, -0.1) is 11.1 Å². The quantitative estimate of drug-likeness (QED) is 0.0414. The Bertz CT molecular complexity index is 3460. The highest BCUT2D eigenvalue weighted by molar-refractivity contribution is 6.84. The highest BCUT2D eigenvalue weighted by atomic mass is 28.3. The van der Waals surface area contributed by atoms with E-state index in [9.17, 15) is 19.2 Å². The van der Waals surface area contributed by atoms with E-state index in [2.05, 4.69) is 72.2 Å². The molecule has 14 nitrogen and oxygen atoms in total. The van der Waals surface area contributed by atoms with E-state index in [0.29, 0.717) is 91.4 Å². The average molecular weight is 1120 g/mol. The number of allylic oxidation sites excluding steroid dienone is 4. The number of benzene rings is 2. The summed E-state index contributed by atoms with van der Waals surface area (Å²) in [6, 6.07) is 15.8. The molecule has 16 heteroatoms. The second kappa shape index (κ2) is 25.0. The van der Waals surface area contributed by atoms with Crippen LogP contribution in [0.15, 0.2) is 48.5 Å². The third kappa shape index (κ3) is 13.4. The Morgan fingerprint density at radius 3 is 1.16 bits per heavy atom. The van der Waals surface area contributed by atoms with Gasteiger partial charge in [0.05, 0.1) is 76.5 Å². The van der Waals surface area contributed by atoms with Gasteiger partial charge in [-0.1, -0.05) is 51.1 Å². The van der Waals surface area contributed by atoms with Gasteiger partial charge in [-0.25, -0.2) is 9.97 Å². The maximum atomic E-state index is 13.1. The third-order valence-electron chi connectivity index (χ3n) is 14.4. The van der Waals surface area contributed by atoms with Crippen molar-refractivity contribution in [3.8, 4) is 56.7 Å². The number of fused-ring (bicyclic) bond motifs is 8. The molecule has 0 saturated carbocycles. The van der Waals surface area contributed by atoms with E-state index in [1.165, 1.54) is 28.4 Å². The van der Waals surface area contributed by atoms with Crippen LogP contribution < -0.4 is 9.47 Å². The van der Waals surface area contributed by atoms with E-state index in [1.807, 2.05) is 76.2 Å². The van der Waals surface area contributed by atoms with Crippen LogP contribution >= 0.6 is 0 Å². The zero-order valence-corrected chi connectivity index (χ0v) is 51.3.